The molecule has 1 atom stereocenters. The molecule has 0 saturated carbocycles. The lowest BCUT2D eigenvalue weighted by Gasteiger charge is -2.44. The smallest absolute Gasteiger partial charge is 0.315 e. The lowest BCUT2D eigenvalue weighted by Crippen LogP contribution is -2.59. The van der Waals surface area contributed by atoms with Gasteiger partial charge in [0.15, 0.2) is 5.82 Å². The Bertz CT molecular complexity index is 1320. The minimum Gasteiger partial charge on any atom is -0.457 e. The second kappa shape index (κ2) is 6.67. The number of pyridine rings is 1. The summed E-state index contributed by atoms with van der Waals surface area (Å²) in [6.45, 7) is 6.74. The van der Waals surface area contributed by atoms with Crippen LogP contribution in [0.3, 0.4) is 0 Å². The molecule has 5 nitrogen and oxygen atoms in total. The Labute approximate surface area is 182 Å². The summed E-state index contributed by atoms with van der Waals surface area (Å²) in [5, 5.41) is 3.50. The zero-order valence-electron chi connectivity index (χ0n) is 17.9. The van der Waals surface area contributed by atoms with Crippen LogP contribution in [0.5, 0.6) is 0 Å². The molecule has 4 heterocycles. The molecule has 6 rings (SSSR count). The molecule has 0 aliphatic carbocycles. The fourth-order valence-corrected chi connectivity index (χ4v) is 5.13. The largest absolute Gasteiger partial charge is 0.457 e. The molecular weight excluding hydrogens is 383 g/mol. The van der Waals surface area contributed by atoms with E-state index in [2.05, 4.69) is 90.1 Å². The highest BCUT2D eigenvalue weighted by atomic mass is 16.3. The number of para-hydroxylation sites is 2. The van der Waals surface area contributed by atoms with Gasteiger partial charge < -0.3 is 14.2 Å². The minimum atomic E-state index is 0.0674. The van der Waals surface area contributed by atoms with Crippen LogP contribution in [0.2, 0.25) is 6.82 Å². The van der Waals surface area contributed by atoms with E-state index in [0.717, 1.165) is 34.2 Å². The van der Waals surface area contributed by atoms with E-state index in [9.17, 15) is 0 Å². The molecule has 31 heavy (non-hydrogen) atoms. The summed E-state index contributed by atoms with van der Waals surface area (Å²) < 4.78 is 6.18. The topological polar surface area (TPSA) is 35.8 Å². The Hall–Kier alpha value is -3.67. The molecule has 0 saturated heterocycles. The van der Waals surface area contributed by atoms with E-state index in [-0.39, 0.29) is 13.0 Å². The van der Waals surface area contributed by atoms with E-state index in [1.807, 2.05) is 24.4 Å². The molecular formula is C25H23BN4O. The Kier molecular flexibility index (Phi) is 3.90. The SMILES string of the molecule is CB1c2c(oc3ccccc23)C=C(C)N1N1c2ncccc2N(c2ccccc2)[C@@H]1C. The van der Waals surface area contributed by atoms with Crippen molar-refractivity contribution >= 4 is 46.5 Å². The molecule has 0 N–H and O–H groups in total. The van der Waals surface area contributed by atoms with Gasteiger partial charge in [-0.05, 0) is 55.7 Å². The van der Waals surface area contributed by atoms with Crippen molar-refractivity contribution in [2.24, 2.45) is 0 Å². The van der Waals surface area contributed by atoms with Crippen molar-refractivity contribution in [3.63, 3.8) is 0 Å². The number of aromatic nitrogens is 1. The van der Waals surface area contributed by atoms with Crippen LogP contribution in [0.15, 0.2) is 83.0 Å². The molecule has 152 valence electrons. The standard InChI is InChI=1S/C25H23BN4O/c1-17-16-23-24(20-12-7-8-14-22(20)31-23)26(3)30(17)29-18(2)28(19-10-5-4-6-11-19)21-13-9-15-27-25(21)29/h4-16,18H,1-3H3/t18-/m0/s1. The van der Waals surface area contributed by atoms with E-state index in [1.165, 1.54) is 10.8 Å². The van der Waals surface area contributed by atoms with Crippen molar-refractivity contribution in [1.82, 2.24) is 9.90 Å². The lowest BCUT2D eigenvalue weighted by atomic mass is 9.55. The van der Waals surface area contributed by atoms with Crippen molar-refractivity contribution in [3.8, 4) is 0 Å². The summed E-state index contributed by atoms with van der Waals surface area (Å²) >= 11 is 0. The maximum atomic E-state index is 6.18. The monoisotopic (exact) mass is 406 g/mol. The molecule has 6 heteroatoms. The number of rotatable bonds is 2. The number of furan rings is 1. The molecule has 0 radical (unpaired) electrons. The molecule has 2 aliphatic heterocycles. The van der Waals surface area contributed by atoms with Gasteiger partial charge in [0.2, 0.25) is 0 Å². The molecule has 0 fully saturated rings. The third-order valence-corrected chi connectivity index (χ3v) is 6.39. The first kappa shape index (κ1) is 18.1. The minimum absolute atomic E-state index is 0.0674. The molecule has 2 aromatic carbocycles. The maximum Gasteiger partial charge on any atom is 0.315 e. The van der Waals surface area contributed by atoms with Crippen LogP contribution in [-0.4, -0.2) is 22.9 Å². The maximum absolute atomic E-state index is 6.18. The second-order valence-electron chi connectivity index (χ2n) is 8.21. The van der Waals surface area contributed by atoms with Gasteiger partial charge in [-0.1, -0.05) is 43.2 Å². The third kappa shape index (κ3) is 2.54. The van der Waals surface area contributed by atoms with Crippen LogP contribution in [0, 0.1) is 0 Å². The Balaban J connectivity index is 1.50. The van der Waals surface area contributed by atoms with Crippen molar-refractivity contribution in [3.05, 3.63) is 84.4 Å². The fourth-order valence-electron chi connectivity index (χ4n) is 5.13. The van der Waals surface area contributed by atoms with E-state index in [1.54, 1.807) is 0 Å². The van der Waals surface area contributed by atoms with Crippen LogP contribution < -0.4 is 15.4 Å². The number of nitrogens with zero attached hydrogens (tertiary/aromatic N) is 4. The number of hydrogen-bond acceptors (Lipinski definition) is 5. The quantitative estimate of drug-likeness (QED) is 0.425. The number of anilines is 3. The van der Waals surface area contributed by atoms with Crippen LogP contribution in [-0.2, 0) is 0 Å². The summed E-state index contributed by atoms with van der Waals surface area (Å²) in [5.41, 5.74) is 5.57. The van der Waals surface area contributed by atoms with Gasteiger partial charge in [-0.15, -0.1) is 0 Å². The molecule has 0 unspecified atom stereocenters. The van der Waals surface area contributed by atoms with Gasteiger partial charge >= 0.3 is 6.85 Å². The van der Waals surface area contributed by atoms with E-state index in [0.29, 0.717) is 0 Å². The summed E-state index contributed by atoms with van der Waals surface area (Å²) in [5.74, 6) is 1.92. The van der Waals surface area contributed by atoms with Crippen LogP contribution in [0.25, 0.3) is 17.0 Å². The second-order valence-corrected chi connectivity index (χ2v) is 8.21. The van der Waals surface area contributed by atoms with Crippen molar-refractivity contribution in [2.75, 3.05) is 9.91 Å². The highest BCUT2D eigenvalue weighted by molar-refractivity contribution is 6.73. The van der Waals surface area contributed by atoms with Crippen molar-refractivity contribution < 1.29 is 4.42 Å². The first-order valence-corrected chi connectivity index (χ1v) is 10.7. The first-order chi connectivity index (χ1) is 15.1. The third-order valence-electron chi connectivity index (χ3n) is 6.39. The molecule has 2 aliphatic rings. The van der Waals surface area contributed by atoms with E-state index < -0.39 is 0 Å². The lowest BCUT2D eigenvalue weighted by molar-refractivity contribution is 0.439. The van der Waals surface area contributed by atoms with Gasteiger partial charge in [-0.25, -0.2) is 4.98 Å². The predicted molar refractivity (Wildman–Crippen MR) is 128 cm³/mol. The number of hydrazine groups is 1. The number of benzene rings is 2. The summed E-state index contributed by atoms with van der Waals surface area (Å²) in [7, 11) is 0. The highest BCUT2D eigenvalue weighted by Gasteiger charge is 2.43. The van der Waals surface area contributed by atoms with Gasteiger partial charge in [0.1, 0.15) is 17.5 Å². The average molecular weight is 406 g/mol. The average Bonchev–Trinajstić information content (AvgIpc) is 3.29. The molecule has 0 spiro atoms. The summed E-state index contributed by atoms with van der Waals surface area (Å²) in [6.07, 6.45) is 4.09. The molecule has 2 aromatic heterocycles. The van der Waals surface area contributed by atoms with Crippen LogP contribution in [0.1, 0.15) is 19.6 Å². The Morgan fingerprint density at radius 3 is 2.58 bits per heavy atom. The van der Waals surface area contributed by atoms with Crippen molar-refractivity contribution in [1.29, 1.82) is 0 Å². The number of allylic oxidation sites excluding steroid dienone is 1. The van der Waals surface area contributed by atoms with Crippen molar-refractivity contribution in [2.45, 2.75) is 26.8 Å². The summed E-state index contributed by atoms with van der Waals surface area (Å²) in [6, 6.07) is 23.0. The zero-order valence-corrected chi connectivity index (χ0v) is 17.9. The van der Waals surface area contributed by atoms with Gasteiger partial charge in [-0.2, -0.15) is 0 Å². The first-order valence-electron chi connectivity index (χ1n) is 10.7. The number of hydrogen-bond donors (Lipinski definition) is 0. The van der Waals surface area contributed by atoms with E-state index >= 15 is 0 Å². The molecule has 4 aromatic rings. The molecule has 0 bridgehead atoms. The van der Waals surface area contributed by atoms with Gasteiger partial charge in [-0.3, -0.25) is 5.01 Å². The van der Waals surface area contributed by atoms with Gasteiger partial charge in [0.25, 0.3) is 0 Å². The Morgan fingerprint density at radius 1 is 0.968 bits per heavy atom. The normalized spacial score (nSPS) is 17.8. The van der Waals surface area contributed by atoms with Crippen LogP contribution >= 0.6 is 0 Å². The molecule has 0 amide bonds. The zero-order chi connectivity index (χ0) is 21.1. The predicted octanol–water partition coefficient (Wildman–Crippen LogP) is 5.25. The summed E-state index contributed by atoms with van der Waals surface area (Å²) in [4.78, 5) is 9.53. The van der Waals surface area contributed by atoms with Crippen LogP contribution in [0.4, 0.5) is 17.2 Å². The van der Waals surface area contributed by atoms with Gasteiger partial charge in [0, 0.05) is 23.0 Å². The van der Waals surface area contributed by atoms with E-state index in [4.69, 9.17) is 9.40 Å². The fraction of sp³-hybridized carbons (Fsp3) is 0.160. The van der Waals surface area contributed by atoms with Gasteiger partial charge in [0.05, 0.1) is 5.69 Å². The number of fused-ring (bicyclic) bond motifs is 4. The Morgan fingerprint density at radius 2 is 1.74 bits per heavy atom. The highest BCUT2D eigenvalue weighted by Crippen LogP contribution is 2.44.